The molecule has 0 spiro atoms. The Bertz CT molecular complexity index is 1010. The molecule has 0 radical (unpaired) electrons. The lowest BCUT2D eigenvalue weighted by molar-refractivity contribution is 0.0691. The number of nitrogens with zero attached hydrogens (tertiary/aromatic N) is 6. The predicted molar refractivity (Wildman–Crippen MR) is 92.6 cm³/mol. The molecule has 8 nitrogen and oxygen atoms in total. The van der Waals surface area contributed by atoms with E-state index >= 15 is 0 Å². The second-order valence-electron chi connectivity index (χ2n) is 5.39. The lowest BCUT2D eigenvalue weighted by atomic mass is 10.2. The van der Waals surface area contributed by atoms with E-state index in [1.165, 1.54) is 12.5 Å². The Morgan fingerprint density at radius 1 is 1.00 bits per heavy atom. The van der Waals surface area contributed by atoms with Crippen molar-refractivity contribution in [3.63, 3.8) is 0 Å². The molecule has 4 aromatic rings. The quantitative estimate of drug-likeness (QED) is 0.606. The summed E-state index contributed by atoms with van der Waals surface area (Å²) in [5.41, 5.74) is 2.17. The van der Waals surface area contributed by atoms with Crippen molar-refractivity contribution in [3.8, 4) is 28.5 Å². The second kappa shape index (κ2) is 6.52. The number of pyridine rings is 2. The summed E-state index contributed by atoms with van der Waals surface area (Å²) < 4.78 is 1.55. The monoisotopic (exact) mass is 344 g/mol. The largest absolute Gasteiger partial charge is 0.476 e. The van der Waals surface area contributed by atoms with Gasteiger partial charge in [-0.1, -0.05) is 0 Å². The zero-order valence-electron chi connectivity index (χ0n) is 13.4. The first-order valence-corrected chi connectivity index (χ1v) is 7.68. The van der Waals surface area contributed by atoms with Crippen LogP contribution in [0.4, 0.5) is 0 Å². The van der Waals surface area contributed by atoms with Crippen LogP contribution in [-0.4, -0.2) is 40.6 Å². The van der Waals surface area contributed by atoms with Crippen LogP contribution in [0.1, 0.15) is 10.5 Å². The number of hydrogen-bond acceptors (Lipinski definition) is 6. The van der Waals surface area contributed by atoms with Crippen LogP contribution in [0.5, 0.6) is 0 Å². The van der Waals surface area contributed by atoms with E-state index < -0.39 is 5.97 Å². The summed E-state index contributed by atoms with van der Waals surface area (Å²) >= 11 is 0. The van der Waals surface area contributed by atoms with Gasteiger partial charge in [-0.15, -0.1) is 0 Å². The highest BCUT2D eigenvalue weighted by Gasteiger charge is 2.13. The molecule has 0 bridgehead atoms. The third-order valence-electron chi connectivity index (χ3n) is 3.66. The summed E-state index contributed by atoms with van der Waals surface area (Å²) in [6.45, 7) is 0. The average Bonchev–Trinajstić information content (AvgIpc) is 3.20. The van der Waals surface area contributed by atoms with Crippen molar-refractivity contribution in [1.82, 2.24) is 29.5 Å². The molecular formula is C18H12N6O2. The van der Waals surface area contributed by atoms with Gasteiger partial charge in [-0.2, -0.15) is 0 Å². The number of carbonyl (C=O) groups is 1. The van der Waals surface area contributed by atoms with Crippen molar-refractivity contribution in [2.45, 2.75) is 0 Å². The Kier molecular flexibility index (Phi) is 3.91. The molecule has 1 N–H and O–H groups in total. The predicted octanol–water partition coefficient (Wildman–Crippen LogP) is 2.48. The molecular weight excluding hydrogens is 332 g/mol. The molecule has 0 fully saturated rings. The summed E-state index contributed by atoms with van der Waals surface area (Å²) in [5.74, 6) is -0.129. The smallest absolute Gasteiger partial charge is 0.356 e. The van der Waals surface area contributed by atoms with Crippen LogP contribution in [0.2, 0.25) is 0 Å². The fourth-order valence-electron chi connectivity index (χ4n) is 2.41. The number of carboxylic acid groups (broad SMARTS) is 1. The molecule has 0 aliphatic carbocycles. The number of imidazole rings is 1. The van der Waals surface area contributed by atoms with Crippen molar-refractivity contribution in [2.75, 3.05) is 0 Å². The van der Waals surface area contributed by atoms with Gasteiger partial charge in [0.1, 0.15) is 12.1 Å². The van der Waals surface area contributed by atoms with Gasteiger partial charge in [0.2, 0.25) is 0 Å². The molecule has 0 aliphatic heterocycles. The molecule has 4 rings (SSSR count). The first kappa shape index (κ1) is 15.6. The molecule has 0 saturated heterocycles. The van der Waals surface area contributed by atoms with Crippen LogP contribution in [0, 0.1) is 0 Å². The third kappa shape index (κ3) is 3.03. The first-order chi connectivity index (χ1) is 12.7. The van der Waals surface area contributed by atoms with Crippen molar-refractivity contribution in [1.29, 1.82) is 0 Å². The topological polar surface area (TPSA) is 107 Å². The summed E-state index contributed by atoms with van der Waals surface area (Å²) in [5, 5.41) is 9.09. The zero-order chi connectivity index (χ0) is 17.9. The fourth-order valence-corrected chi connectivity index (χ4v) is 2.41. The Balaban J connectivity index is 1.89. The van der Waals surface area contributed by atoms with E-state index in [1.807, 2.05) is 18.2 Å². The molecule has 0 unspecified atom stereocenters. The Labute approximate surface area is 147 Å². The second-order valence-corrected chi connectivity index (χ2v) is 5.39. The normalized spacial score (nSPS) is 10.6. The molecule has 0 aliphatic rings. The van der Waals surface area contributed by atoms with Crippen LogP contribution < -0.4 is 0 Å². The van der Waals surface area contributed by atoms with Crippen LogP contribution >= 0.6 is 0 Å². The molecule has 126 valence electrons. The minimum Gasteiger partial charge on any atom is -0.476 e. The molecule has 4 aromatic heterocycles. The lowest BCUT2D eigenvalue weighted by Crippen LogP contribution is -2.01. The van der Waals surface area contributed by atoms with Gasteiger partial charge in [0.15, 0.2) is 11.5 Å². The van der Waals surface area contributed by atoms with Gasteiger partial charge in [0.25, 0.3) is 0 Å². The maximum atomic E-state index is 11.1. The number of carboxylic acids is 1. The van der Waals surface area contributed by atoms with Crippen molar-refractivity contribution < 1.29 is 9.90 Å². The van der Waals surface area contributed by atoms with Crippen molar-refractivity contribution in [2.24, 2.45) is 0 Å². The van der Waals surface area contributed by atoms with Gasteiger partial charge in [-0.3, -0.25) is 14.5 Å². The van der Waals surface area contributed by atoms with E-state index in [0.717, 1.165) is 11.1 Å². The minimum absolute atomic E-state index is 0.0607. The van der Waals surface area contributed by atoms with Crippen LogP contribution in [0.15, 0.2) is 67.6 Å². The van der Waals surface area contributed by atoms with Gasteiger partial charge >= 0.3 is 5.97 Å². The summed E-state index contributed by atoms with van der Waals surface area (Å²) in [4.78, 5) is 32.3. The lowest BCUT2D eigenvalue weighted by Gasteiger charge is -2.08. The van der Waals surface area contributed by atoms with E-state index in [-0.39, 0.29) is 5.69 Å². The van der Waals surface area contributed by atoms with Gasteiger partial charge < -0.3 is 5.11 Å². The summed E-state index contributed by atoms with van der Waals surface area (Å²) in [6, 6.07) is 9.12. The van der Waals surface area contributed by atoms with E-state index in [9.17, 15) is 4.79 Å². The Hall–Kier alpha value is -3.94. The molecule has 0 saturated carbocycles. The van der Waals surface area contributed by atoms with Gasteiger partial charge in [-0.25, -0.2) is 19.7 Å². The summed E-state index contributed by atoms with van der Waals surface area (Å²) in [7, 11) is 0. The first-order valence-electron chi connectivity index (χ1n) is 7.68. The standard InChI is InChI=1S/C18H12N6O2/c25-18(26)15-10-24(11-21-15)16-7-14(12-3-1-5-19-8-12)22-17(23-16)13-4-2-6-20-9-13/h1-11H,(H,25,26). The van der Waals surface area contributed by atoms with Crippen LogP contribution in [0.3, 0.4) is 0 Å². The molecule has 26 heavy (non-hydrogen) atoms. The van der Waals surface area contributed by atoms with E-state index in [1.54, 1.807) is 41.5 Å². The highest BCUT2D eigenvalue weighted by Crippen LogP contribution is 2.23. The minimum atomic E-state index is -1.10. The maximum absolute atomic E-state index is 11.1. The zero-order valence-corrected chi connectivity index (χ0v) is 13.4. The van der Waals surface area contributed by atoms with Gasteiger partial charge in [0, 0.05) is 48.2 Å². The van der Waals surface area contributed by atoms with E-state index in [4.69, 9.17) is 5.11 Å². The summed E-state index contributed by atoms with van der Waals surface area (Å²) in [6.07, 6.45) is 9.54. The molecule has 4 heterocycles. The van der Waals surface area contributed by atoms with E-state index in [2.05, 4.69) is 24.9 Å². The number of rotatable bonds is 4. The number of aromatic nitrogens is 6. The van der Waals surface area contributed by atoms with Crippen LogP contribution in [-0.2, 0) is 0 Å². The Morgan fingerprint density at radius 2 is 1.73 bits per heavy atom. The number of aromatic carboxylic acids is 1. The van der Waals surface area contributed by atoms with Gasteiger partial charge in [-0.05, 0) is 24.3 Å². The molecule has 0 atom stereocenters. The van der Waals surface area contributed by atoms with Gasteiger partial charge in [0.05, 0.1) is 5.69 Å². The maximum Gasteiger partial charge on any atom is 0.356 e. The van der Waals surface area contributed by atoms with Crippen molar-refractivity contribution >= 4 is 5.97 Å². The molecule has 0 aromatic carbocycles. The van der Waals surface area contributed by atoms with E-state index in [0.29, 0.717) is 17.3 Å². The molecule has 0 amide bonds. The average molecular weight is 344 g/mol. The molecule has 8 heteroatoms. The SMILES string of the molecule is O=C(O)c1cn(-c2cc(-c3cccnc3)nc(-c3cccnc3)n2)cn1. The fraction of sp³-hybridized carbons (Fsp3) is 0. The highest BCUT2D eigenvalue weighted by molar-refractivity contribution is 5.85. The van der Waals surface area contributed by atoms with Crippen molar-refractivity contribution in [3.05, 3.63) is 73.3 Å². The van der Waals surface area contributed by atoms with Crippen LogP contribution in [0.25, 0.3) is 28.5 Å². The highest BCUT2D eigenvalue weighted by atomic mass is 16.4. The Morgan fingerprint density at radius 3 is 2.35 bits per heavy atom. The number of hydrogen-bond donors (Lipinski definition) is 1. The third-order valence-corrected chi connectivity index (χ3v) is 3.66.